The van der Waals surface area contributed by atoms with E-state index in [-0.39, 0.29) is 23.5 Å². The van der Waals surface area contributed by atoms with E-state index < -0.39 is 9.84 Å². The van der Waals surface area contributed by atoms with E-state index in [1.807, 2.05) is 49.4 Å². The molecule has 34 heavy (non-hydrogen) atoms. The number of carbonyl (C=O) groups excluding carboxylic acids is 1. The zero-order chi connectivity index (χ0) is 24.3. The van der Waals surface area contributed by atoms with Crippen LogP contribution >= 0.6 is 11.3 Å². The second kappa shape index (κ2) is 10.3. The van der Waals surface area contributed by atoms with Crippen LogP contribution in [0.3, 0.4) is 0 Å². The van der Waals surface area contributed by atoms with Gasteiger partial charge in [-0.25, -0.2) is 13.4 Å². The lowest BCUT2D eigenvalue weighted by Crippen LogP contribution is -2.41. The largest absolute Gasteiger partial charge is 0.372 e. The summed E-state index contributed by atoms with van der Waals surface area (Å²) in [5, 5.41) is 0.810. The van der Waals surface area contributed by atoms with Crippen LogP contribution < -0.4 is 4.90 Å². The fourth-order valence-electron chi connectivity index (χ4n) is 4.48. The second-order valence-corrected chi connectivity index (χ2v) is 12.0. The van der Waals surface area contributed by atoms with Crippen molar-refractivity contribution in [1.82, 2.24) is 9.88 Å². The van der Waals surface area contributed by atoms with Crippen molar-refractivity contribution in [2.45, 2.75) is 39.8 Å². The van der Waals surface area contributed by atoms with Crippen molar-refractivity contribution in [3.8, 4) is 10.4 Å². The van der Waals surface area contributed by atoms with Gasteiger partial charge in [0.2, 0.25) is 0 Å². The van der Waals surface area contributed by atoms with Gasteiger partial charge in [0.1, 0.15) is 5.69 Å². The molecule has 3 aromatic rings. The quantitative estimate of drug-likeness (QED) is 0.447. The van der Waals surface area contributed by atoms with Gasteiger partial charge in [0, 0.05) is 31.4 Å². The second-order valence-electron chi connectivity index (χ2n) is 8.61. The van der Waals surface area contributed by atoms with Gasteiger partial charge in [-0.15, -0.1) is 11.3 Å². The number of hydrogen-bond acceptors (Lipinski definition) is 6. The summed E-state index contributed by atoms with van der Waals surface area (Å²) in [6.45, 7) is 8.33. The van der Waals surface area contributed by atoms with Crippen molar-refractivity contribution in [3.05, 3.63) is 70.9 Å². The lowest BCUT2D eigenvalue weighted by Gasteiger charge is -2.28. The van der Waals surface area contributed by atoms with Gasteiger partial charge in [0.25, 0.3) is 5.91 Å². The van der Waals surface area contributed by atoms with E-state index in [1.165, 1.54) is 11.3 Å². The summed E-state index contributed by atoms with van der Waals surface area (Å²) in [6, 6.07) is 17.6. The Bertz CT molecular complexity index is 1230. The molecule has 0 aliphatic carbocycles. The zero-order valence-electron chi connectivity index (χ0n) is 19.9. The molecule has 1 amide bonds. The fraction of sp³-hybridized carbons (Fsp3) is 0.385. The number of rotatable bonds is 8. The van der Waals surface area contributed by atoms with Crippen LogP contribution in [-0.2, 0) is 16.4 Å². The van der Waals surface area contributed by atoms with Crippen LogP contribution in [0.1, 0.15) is 41.3 Å². The number of benzene rings is 2. The minimum Gasteiger partial charge on any atom is -0.372 e. The first-order valence-corrected chi connectivity index (χ1v) is 14.3. The Kier molecular flexibility index (Phi) is 7.38. The van der Waals surface area contributed by atoms with Gasteiger partial charge in [-0.1, -0.05) is 42.5 Å². The maximum Gasteiger partial charge on any atom is 0.274 e. The third kappa shape index (κ3) is 5.33. The van der Waals surface area contributed by atoms with Crippen molar-refractivity contribution in [2.24, 2.45) is 0 Å². The van der Waals surface area contributed by atoms with Gasteiger partial charge in [-0.2, -0.15) is 0 Å². The standard InChI is InChI=1S/C26H31N3O3S2/c1-4-28(5-2)22-13-11-20(12-14-22)17-29(23-15-16-34(31,32)18-23)26(30)24-25(33-19(3)27-24)21-9-7-6-8-10-21/h6-14,23H,4-5,15-18H2,1-3H3. The molecule has 4 rings (SSSR count). The fourth-order valence-corrected chi connectivity index (χ4v) is 7.13. The molecule has 2 heterocycles. The van der Waals surface area contributed by atoms with Gasteiger partial charge in [0.05, 0.1) is 21.4 Å². The summed E-state index contributed by atoms with van der Waals surface area (Å²) in [6.07, 6.45) is 0.454. The molecule has 6 nitrogen and oxygen atoms in total. The SMILES string of the molecule is CCN(CC)c1ccc(CN(C(=O)c2nc(C)sc2-c2ccccc2)C2CCS(=O)(=O)C2)cc1. The number of nitrogens with zero attached hydrogens (tertiary/aromatic N) is 3. The van der Waals surface area contributed by atoms with Crippen LogP contribution in [0.4, 0.5) is 5.69 Å². The molecule has 8 heteroatoms. The molecule has 180 valence electrons. The van der Waals surface area contributed by atoms with E-state index in [4.69, 9.17) is 0 Å². The van der Waals surface area contributed by atoms with Gasteiger partial charge < -0.3 is 9.80 Å². The Labute approximate surface area is 206 Å². The Morgan fingerprint density at radius 2 is 1.74 bits per heavy atom. The number of carbonyl (C=O) groups is 1. The summed E-state index contributed by atoms with van der Waals surface area (Å²) in [7, 11) is -3.15. The minimum absolute atomic E-state index is 0.0000599. The molecule has 1 aliphatic heterocycles. The maximum atomic E-state index is 13.9. The molecule has 1 saturated heterocycles. The average Bonchev–Trinajstić information content (AvgIpc) is 3.41. The number of thiazole rings is 1. The van der Waals surface area contributed by atoms with E-state index in [0.717, 1.165) is 39.8 Å². The first kappa shape index (κ1) is 24.4. The lowest BCUT2D eigenvalue weighted by molar-refractivity contribution is 0.0676. The number of aromatic nitrogens is 1. The molecule has 0 radical (unpaired) electrons. The van der Waals surface area contributed by atoms with Crippen LogP contribution in [-0.4, -0.2) is 54.8 Å². The van der Waals surface area contributed by atoms with Crippen molar-refractivity contribution < 1.29 is 13.2 Å². The predicted octanol–water partition coefficient (Wildman–Crippen LogP) is 4.79. The van der Waals surface area contributed by atoms with E-state index in [1.54, 1.807) is 4.90 Å². The highest BCUT2D eigenvalue weighted by atomic mass is 32.2. The molecule has 1 fully saturated rings. The molecule has 1 unspecified atom stereocenters. The Balaban J connectivity index is 1.67. The maximum absolute atomic E-state index is 13.9. The highest BCUT2D eigenvalue weighted by Gasteiger charge is 2.36. The monoisotopic (exact) mass is 497 g/mol. The van der Waals surface area contributed by atoms with Crippen molar-refractivity contribution in [3.63, 3.8) is 0 Å². The minimum atomic E-state index is -3.15. The summed E-state index contributed by atoms with van der Waals surface area (Å²) < 4.78 is 24.6. The topological polar surface area (TPSA) is 70.6 Å². The first-order chi connectivity index (χ1) is 16.3. The third-order valence-electron chi connectivity index (χ3n) is 6.30. The van der Waals surface area contributed by atoms with E-state index in [2.05, 4.69) is 35.9 Å². The summed E-state index contributed by atoms with van der Waals surface area (Å²) in [5.41, 5.74) is 3.45. The molecule has 1 atom stereocenters. The molecular formula is C26H31N3O3S2. The van der Waals surface area contributed by atoms with Gasteiger partial charge in [-0.3, -0.25) is 4.79 Å². The van der Waals surface area contributed by atoms with Crippen LogP contribution in [0.25, 0.3) is 10.4 Å². The van der Waals surface area contributed by atoms with E-state index in [0.29, 0.717) is 18.7 Å². The van der Waals surface area contributed by atoms with Gasteiger partial charge in [-0.05, 0) is 50.5 Å². The molecule has 0 bridgehead atoms. The number of hydrogen-bond donors (Lipinski definition) is 0. The van der Waals surface area contributed by atoms with Crippen LogP contribution in [0.2, 0.25) is 0 Å². The van der Waals surface area contributed by atoms with Gasteiger partial charge in [0.15, 0.2) is 9.84 Å². The zero-order valence-corrected chi connectivity index (χ0v) is 21.5. The smallest absolute Gasteiger partial charge is 0.274 e. The van der Waals surface area contributed by atoms with Crippen molar-refractivity contribution in [1.29, 1.82) is 0 Å². The molecule has 0 saturated carbocycles. The van der Waals surface area contributed by atoms with Crippen LogP contribution in [0, 0.1) is 6.92 Å². The normalized spacial score (nSPS) is 17.0. The molecule has 1 aromatic heterocycles. The lowest BCUT2D eigenvalue weighted by atomic mass is 10.1. The van der Waals surface area contributed by atoms with Crippen LogP contribution in [0.5, 0.6) is 0 Å². The first-order valence-electron chi connectivity index (χ1n) is 11.7. The number of amides is 1. The third-order valence-corrected chi connectivity index (χ3v) is 9.07. The highest BCUT2D eigenvalue weighted by Crippen LogP contribution is 2.32. The summed E-state index contributed by atoms with van der Waals surface area (Å²) in [5.74, 6) is -0.0950. The molecule has 0 spiro atoms. The van der Waals surface area contributed by atoms with Gasteiger partial charge >= 0.3 is 0 Å². The molecule has 2 aromatic carbocycles. The van der Waals surface area contributed by atoms with Crippen molar-refractivity contribution >= 4 is 32.8 Å². The Morgan fingerprint density at radius 1 is 1.06 bits per heavy atom. The predicted molar refractivity (Wildman–Crippen MR) is 139 cm³/mol. The summed E-state index contributed by atoms with van der Waals surface area (Å²) in [4.78, 5) is 23.3. The molecule has 0 N–H and O–H groups in total. The number of anilines is 1. The van der Waals surface area contributed by atoms with Crippen LogP contribution in [0.15, 0.2) is 54.6 Å². The van der Waals surface area contributed by atoms with Crippen molar-refractivity contribution in [2.75, 3.05) is 29.5 Å². The summed E-state index contributed by atoms with van der Waals surface area (Å²) >= 11 is 1.49. The van der Waals surface area contributed by atoms with E-state index >= 15 is 0 Å². The van der Waals surface area contributed by atoms with E-state index in [9.17, 15) is 13.2 Å². The highest BCUT2D eigenvalue weighted by molar-refractivity contribution is 7.91. The molecular weight excluding hydrogens is 466 g/mol. The molecule has 1 aliphatic rings. The number of sulfone groups is 1. The number of aryl methyl sites for hydroxylation is 1. The Hall–Kier alpha value is -2.71. The Morgan fingerprint density at radius 3 is 2.32 bits per heavy atom. The average molecular weight is 498 g/mol.